The molecule has 0 aromatic heterocycles. The van der Waals surface area contributed by atoms with Crippen molar-refractivity contribution in [1.29, 1.82) is 0 Å². The van der Waals surface area contributed by atoms with E-state index in [1.807, 2.05) is 0 Å². The lowest BCUT2D eigenvalue weighted by molar-refractivity contribution is -0.121. The van der Waals surface area contributed by atoms with E-state index >= 15 is 0 Å². The molecule has 76 valence electrons. The highest BCUT2D eigenvalue weighted by atomic mass is 16.3. The summed E-state index contributed by atoms with van der Waals surface area (Å²) in [6.45, 7) is 0.246. The van der Waals surface area contributed by atoms with Crippen molar-refractivity contribution >= 4 is 5.91 Å². The summed E-state index contributed by atoms with van der Waals surface area (Å²) in [5, 5.41) is 9.04. The van der Waals surface area contributed by atoms with Gasteiger partial charge in [-0.25, -0.2) is 0 Å². The van der Waals surface area contributed by atoms with Crippen LogP contribution in [0.15, 0.2) is 24.3 Å². The normalized spacial score (nSPS) is 12.4. The number of rotatable bonds is 4. The predicted molar refractivity (Wildman–Crippen MR) is 53.5 cm³/mol. The van der Waals surface area contributed by atoms with E-state index in [-0.39, 0.29) is 24.1 Å². The van der Waals surface area contributed by atoms with E-state index in [1.165, 1.54) is 0 Å². The number of hydrogen-bond acceptors (Lipinski definition) is 3. The fourth-order valence-corrected chi connectivity index (χ4v) is 1.22. The second-order valence-corrected chi connectivity index (χ2v) is 3.21. The average Bonchev–Trinajstić information content (AvgIpc) is 2.16. The van der Waals surface area contributed by atoms with Crippen molar-refractivity contribution in [3.8, 4) is 5.75 Å². The molecule has 0 spiro atoms. The second kappa shape index (κ2) is 4.62. The van der Waals surface area contributed by atoms with Gasteiger partial charge in [0.2, 0.25) is 5.91 Å². The summed E-state index contributed by atoms with van der Waals surface area (Å²) in [7, 11) is 0. The molecule has 0 fully saturated rings. The van der Waals surface area contributed by atoms with Crippen molar-refractivity contribution in [2.45, 2.75) is 6.42 Å². The summed E-state index contributed by atoms with van der Waals surface area (Å²) in [5.74, 6) is -0.516. The SMILES string of the molecule is NCC(Cc1ccc(O)cc1)C(N)=O. The molecule has 0 saturated carbocycles. The van der Waals surface area contributed by atoms with Crippen LogP contribution in [0, 0.1) is 5.92 Å². The van der Waals surface area contributed by atoms with Gasteiger partial charge in [-0.3, -0.25) is 4.79 Å². The van der Waals surface area contributed by atoms with Gasteiger partial charge < -0.3 is 16.6 Å². The molecule has 14 heavy (non-hydrogen) atoms. The highest BCUT2D eigenvalue weighted by Crippen LogP contribution is 2.13. The van der Waals surface area contributed by atoms with E-state index in [0.29, 0.717) is 6.42 Å². The second-order valence-electron chi connectivity index (χ2n) is 3.21. The molecule has 1 amide bonds. The van der Waals surface area contributed by atoms with Gasteiger partial charge in [-0.05, 0) is 24.1 Å². The molecular weight excluding hydrogens is 180 g/mol. The Morgan fingerprint density at radius 3 is 2.36 bits per heavy atom. The number of phenolic OH excluding ortho intramolecular Hbond substituents is 1. The molecule has 4 nitrogen and oxygen atoms in total. The van der Waals surface area contributed by atoms with Crippen LogP contribution in [0.1, 0.15) is 5.56 Å². The lowest BCUT2D eigenvalue weighted by Crippen LogP contribution is -2.31. The van der Waals surface area contributed by atoms with Crippen LogP contribution in [-0.2, 0) is 11.2 Å². The van der Waals surface area contributed by atoms with Gasteiger partial charge in [0.15, 0.2) is 0 Å². The van der Waals surface area contributed by atoms with Crippen LogP contribution >= 0.6 is 0 Å². The Kier molecular flexibility index (Phi) is 3.48. The molecule has 1 aromatic carbocycles. The van der Waals surface area contributed by atoms with E-state index < -0.39 is 0 Å². The molecule has 1 atom stereocenters. The van der Waals surface area contributed by atoms with Crippen molar-refractivity contribution in [1.82, 2.24) is 0 Å². The van der Waals surface area contributed by atoms with Crippen molar-refractivity contribution in [3.05, 3.63) is 29.8 Å². The maximum atomic E-state index is 10.9. The van der Waals surface area contributed by atoms with Crippen LogP contribution in [0.3, 0.4) is 0 Å². The van der Waals surface area contributed by atoms with Crippen LogP contribution in [0.4, 0.5) is 0 Å². The zero-order chi connectivity index (χ0) is 10.6. The minimum Gasteiger partial charge on any atom is -0.508 e. The predicted octanol–water partition coefficient (Wildman–Crippen LogP) is -0.00510. The molecule has 0 saturated heterocycles. The quantitative estimate of drug-likeness (QED) is 0.630. The Morgan fingerprint density at radius 2 is 1.93 bits per heavy atom. The topological polar surface area (TPSA) is 89.3 Å². The molecule has 0 bridgehead atoms. The van der Waals surface area contributed by atoms with E-state index in [1.54, 1.807) is 24.3 Å². The first-order chi connectivity index (χ1) is 6.63. The number of carbonyl (C=O) groups excluding carboxylic acids is 1. The maximum absolute atomic E-state index is 10.9. The highest BCUT2D eigenvalue weighted by molar-refractivity contribution is 5.77. The van der Waals surface area contributed by atoms with Gasteiger partial charge >= 0.3 is 0 Å². The Labute approximate surface area is 82.5 Å². The van der Waals surface area contributed by atoms with Gasteiger partial charge in [-0.1, -0.05) is 12.1 Å². The van der Waals surface area contributed by atoms with Crippen LogP contribution < -0.4 is 11.5 Å². The molecule has 1 aromatic rings. The van der Waals surface area contributed by atoms with Gasteiger partial charge in [-0.2, -0.15) is 0 Å². The number of primary amides is 1. The summed E-state index contributed by atoms with van der Waals surface area (Å²) in [4.78, 5) is 10.9. The van der Waals surface area contributed by atoms with Gasteiger partial charge in [0.05, 0.1) is 5.92 Å². The summed E-state index contributed by atoms with van der Waals surface area (Å²) in [5.41, 5.74) is 11.5. The summed E-state index contributed by atoms with van der Waals surface area (Å²) < 4.78 is 0. The summed E-state index contributed by atoms with van der Waals surface area (Å²) in [6.07, 6.45) is 0.520. The Bertz CT molecular complexity index is 308. The molecular formula is C10H14N2O2. The Balaban J connectivity index is 2.67. The zero-order valence-electron chi connectivity index (χ0n) is 7.81. The highest BCUT2D eigenvalue weighted by Gasteiger charge is 2.13. The fraction of sp³-hybridized carbons (Fsp3) is 0.300. The number of amides is 1. The molecule has 0 aliphatic carbocycles. The number of hydrogen-bond donors (Lipinski definition) is 3. The van der Waals surface area contributed by atoms with Crippen LogP contribution in [0.5, 0.6) is 5.75 Å². The van der Waals surface area contributed by atoms with Gasteiger partial charge in [0.25, 0.3) is 0 Å². The first-order valence-corrected chi connectivity index (χ1v) is 4.40. The molecule has 0 aliphatic rings. The van der Waals surface area contributed by atoms with Crippen molar-refractivity contribution in [2.24, 2.45) is 17.4 Å². The Morgan fingerprint density at radius 1 is 1.36 bits per heavy atom. The van der Waals surface area contributed by atoms with Crippen LogP contribution in [0.2, 0.25) is 0 Å². The van der Waals surface area contributed by atoms with Crippen LogP contribution in [-0.4, -0.2) is 17.6 Å². The zero-order valence-corrected chi connectivity index (χ0v) is 7.81. The van der Waals surface area contributed by atoms with Gasteiger partial charge in [0, 0.05) is 6.54 Å². The van der Waals surface area contributed by atoms with Gasteiger partial charge in [-0.15, -0.1) is 0 Å². The Hall–Kier alpha value is -1.55. The van der Waals surface area contributed by atoms with E-state index in [4.69, 9.17) is 16.6 Å². The van der Waals surface area contributed by atoms with E-state index in [0.717, 1.165) is 5.56 Å². The largest absolute Gasteiger partial charge is 0.508 e. The minimum atomic E-state index is -0.388. The number of benzene rings is 1. The monoisotopic (exact) mass is 194 g/mol. The third-order valence-electron chi connectivity index (χ3n) is 2.11. The average molecular weight is 194 g/mol. The smallest absolute Gasteiger partial charge is 0.222 e. The molecule has 0 radical (unpaired) electrons. The lowest BCUT2D eigenvalue weighted by Gasteiger charge is -2.10. The van der Waals surface area contributed by atoms with E-state index in [2.05, 4.69) is 0 Å². The van der Waals surface area contributed by atoms with Crippen molar-refractivity contribution < 1.29 is 9.90 Å². The minimum absolute atomic E-state index is 0.206. The fourth-order valence-electron chi connectivity index (χ4n) is 1.22. The number of aromatic hydroxyl groups is 1. The third-order valence-corrected chi connectivity index (χ3v) is 2.11. The third kappa shape index (κ3) is 2.74. The first-order valence-electron chi connectivity index (χ1n) is 4.40. The first kappa shape index (κ1) is 10.5. The van der Waals surface area contributed by atoms with Crippen molar-refractivity contribution in [3.63, 3.8) is 0 Å². The number of nitrogens with two attached hydrogens (primary N) is 2. The number of carbonyl (C=O) groups is 1. The van der Waals surface area contributed by atoms with E-state index in [9.17, 15) is 4.79 Å². The van der Waals surface area contributed by atoms with Crippen molar-refractivity contribution in [2.75, 3.05) is 6.54 Å². The molecule has 4 heteroatoms. The molecule has 1 unspecified atom stereocenters. The summed E-state index contributed by atoms with van der Waals surface area (Å²) in [6, 6.07) is 6.65. The molecule has 0 heterocycles. The standard InChI is InChI=1S/C10H14N2O2/c11-6-8(10(12)14)5-7-1-3-9(13)4-2-7/h1-4,8,13H,5-6,11H2,(H2,12,14). The van der Waals surface area contributed by atoms with Crippen LogP contribution in [0.25, 0.3) is 0 Å². The summed E-state index contributed by atoms with van der Waals surface area (Å²) >= 11 is 0. The van der Waals surface area contributed by atoms with Gasteiger partial charge in [0.1, 0.15) is 5.75 Å². The molecule has 5 N–H and O–H groups in total. The lowest BCUT2D eigenvalue weighted by atomic mass is 9.99. The molecule has 0 aliphatic heterocycles. The number of phenols is 1. The molecule has 1 rings (SSSR count). The maximum Gasteiger partial charge on any atom is 0.222 e.